The molecule has 0 unspecified atom stereocenters. The van der Waals surface area contributed by atoms with Crippen LogP contribution in [0.2, 0.25) is 0 Å². The normalized spacial score (nSPS) is 10.6. The molecule has 0 aliphatic heterocycles. The Morgan fingerprint density at radius 2 is 2.05 bits per heavy atom. The number of rotatable bonds is 7. The number of anilines is 1. The third-order valence-corrected chi connectivity index (χ3v) is 4.15. The van der Waals surface area contributed by atoms with E-state index in [1.165, 1.54) is 34.5 Å². The lowest BCUT2D eigenvalue weighted by atomic mass is 10.1. The van der Waals surface area contributed by atoms with Gasteiger partial charge >= 0.3 is 0 Å². The monoisotopic (exact) mass is 274 g/mol. The first-order valence-electron chi connectivity index (χ1n) is 6.90. The Morgan fingerprint density at radius 1 is 1.16 bits per heavy atom. The van der Waals surface area contributed by atoms with Crippen LogP contribution in [0.3, 0.4) is 0 Å². The predicted molar refractivity (Wildman–Crippen MR) is 85.9 cm³/mol. The van der Waals surface area contributed by atoms with E-state index in [0.29, 0.717) is 0 Å². The van der Waals surface area contributed by atoms with E-state index in [1.807, 2.05) is 0 Å². The molecule has 0 aliphatic carbocycles. The molecule has 1 aromatic heterocycles. The van der Waals surface area contributed by atoms with Crippen LogP contribution in [0.5, 0.6) is 0 Å². The SMILES string of the molecule is Cc1cc(-c2cccs2)ccc1NCCCCCN. The van der Waals surface area contributed by atoms with Crippen LogP contribution in [0.1, 0.15) is 24.8 Å². The van der Waals surface area contributed by atoms with E-state index in [1.54, 1.807) is 11.3 Å². The molecule has 0 saturated heterocycles. The van der Waals surface area contributed by atoms with Crippen LogP contribution in [-0.4, -0.2) is 13.1 Å². The second kappa shape index (κ2) is 7.31. The minimum atomic E-state index is 0.800. The van der Waals surface area contributed by atoms with E-state index in [-0.39, 0.29) is 0 Å². The van der Waals surface area contributed by atoms with Crippen LogP contribution in [0.4, 0.5) is 5.69 Å². The van der Waals surface area contributed by atoms with Crippen molar-refractivity contribution in [3.8, 4) is 10.4 Å². The summed E-state index contributed by atoms with van der Waals surface area (Å²) in [5, 5.41) is 5.63. The Morgan fingerprint density at radius 3 is 2.74 bits per heavy atom. The zero-order valence-electron chi connectivity index (χ0n) is 11.5. The summed E-state index contributed by atoms with van der Waals surface area (Å²) >= 11 is 1.79. The van der Waals surface area contributed by atoms with Gasteiger partial charge in [-0.1, -0.05) is 18.6 Å². The molecule has 0 aliphatic rings. The smallest absolute Gasteiger partial charge is 0.0370 e. The molecule has 1 heterocycles. The molecule has 0 bridgehead atoms. The number of thiophene rings is 1. The molecule has 0 atom stereocenters. The van der Waals surface area contributed by atoms with Gasteiger partial charge in [0.2, 0.25) is 0 Å². The number of hydrogen-bond donors (Lipinski definition) is 2. The van der Waals surface area contributed by atoms with E-state index < -0.39 is 0 Å². The third-order valence-electron chi connectivity index (χ3n) is 3.23. The minimum Gasteiger partial charge on any atom is -0.385 e. The number of aryl methyl sites for hydroxylation is 1. The number of unbranched alkanes of at least 4 members (excludes halogenated alkanes) is 2. The summed E-state index contributed by atoms with van der Waals surface area (Å²) in [7, 11) is 0. The van der Waals surface area contributed by atoms with Crippen molar-refractivity contribution in [2.24, 2.45) is 5.73 Å². The number of nitrogens with one attached hydrogen (secondary N) is 1. The average molecular weight is 274 g/mol. The maximum atomic E-state index is 5.49. The fourth-order valence-corrected chi connectivity index (χ4v) is 2.85. The van der Waals surface area contributed by atoms with Crippen molar-refractivity contribution in [1.82, 2.24) is 0 Å². The zero-order chi connectivity index (χ0) is 13.5. The third kappa shape index (κ3) is 4.08. The Labute approximate surface area is 119 Å². The average Bonchev–Trinajstić information content (AvgIpc) is 2.94. The number of nitrogens with two attached hydrogens (primary N) is 1. The van der Waals surface area contributed by atoms with Gasteiger partial charge in [-0.05, 0) is 61.0 Å². The van der Waals surface area contributed by atoms with Crippen molar-refractivity contribution in [2.45, 2.75) is 26.2 Å². The van der Waals surface area contributed by atoms with Gasteiger partial charge in [-0.2, -0.15) is 0 Å². The fraction of sp³-hybridized carbons (Fsp3) is 0.375. The number of benzene rings is 1. The highest BCUT2D eigenvalue weighted by atomic mass is 32.1. The molecular weight excluding hydrogens is 252 g/mol. The molecule has 2 aromatic rings. The summed E-state index contributed by atoms with van der Waals surface area (Å²) in [5.41, 5.74) is 9.35. The highest BCUT2D eigenvalue weighted by Gasteiger charge is 2.02. The van der Waals surface area contributed by atoms with Crippen LogP contribution < -0.4 is 11.1 Å². The van der Waals surface area contributed by atoms with Crippen molar-refractivity contribution < 1.29 is 0 Å². The fourth-order valence-electron chi connectivity index (χ4n) is 2.13. The summed E-state index contributed by atoms with van der Waals surface area (Å²) in [5.74, 6) is 0. The van der Waals surface area contributed by atoms with E-state index in [4.69, 9.17) is 5.73 Å². The van der Waals surface area contributed by atoms with Crippen LogP contribution >= 0.6 is 11.3 Å². The topological polar surface area (TPSA) is 38.0 Å². The van der Waals surface area contributed by atoms with Crippen LogP contribution in [0.15, 0.2) is 35.7 Å². The molecule has 0 spiro atoms. The quantitative estimate of drug-likeness (QED) is 0.740. The maximum Gasteiger partial charge on any atom is 0.0370 e. The molecule has 2 nitrogen and oxygen atoms in total. The van der Waals surface area contributed by atoms with Crippen molar-refractivity contribution in [2.75, 3.05) is 18.4 Å². The summed E-state index contributed by atoms with van der Waals surface area (Å²) in [6, 6.07) is 10.9. The van der Waals surface area contributed by atoms with Gasteiger partial charge in [-0.25, -0.2) is 0 Å². The van der Waals surface area contributed by atoms with Gasteiger partial charge < -0.3 is 11.1 Å². The van der Waals surface area contributed by atoms with E-state index in [9.17, 15) is 0 Å². The lowest BCUT2D eigenvalue weighted by Gasteiger charge is -2.10. The standard InChI is InChI=1S/C16H22N2S/c1-13-12-14(16-6-5-11-19-16)7-8-15(13)18-10-4-2-3-9-17/h5-8,11-12,18H,2-4,9-10,17H2,1H3. The van der Waals surface area contributed by atoms with Gasteiger partial charge in [0.15, 0.2) is 0 Å². The van der Waals surface area contributed by atoms with E-state index in [2.05, 4.69) is 48.0 Å². The van der Waals surface area contributed by atoms with E-state index >= 15 is 0 Å². The van der Waals surface area contributed by atoms with Crippen LogP contribution in [0.25, 0.3) is 10.4 Å². The molecule has 1 aromatic carbocycles. The molecule has 0 fully saturated rings. The van der Waals surface area contributed by atoms with Gasteiger partial charge in [0.05, 0.1) is 0 Å². The molecular formula is C16H22N2S. The first-order valence-corrected chi connectivity index (χ1v) is 7.77. The van der Waals surface area contributed by atoms with Crippen molar-refractivity contribution >= 4 is 17.0 Å². The molecule has 2 rings (SSSR count). The maximum absolute atomic E-state index is 5.49. The minimum absolute atomic E-state index is 0.800. The molecule has 3 N–H and O–H groups in total. The first kappa shape index (κ1) is 14.1. The molecule has 102 valence electrons. The Balaban J connectivity index is 1.92. The molecule has 0 radical (unpaired) electrons. The Hall–Kier alpha value is -1.32. The predicted octanol–water partition coefficient (Wildman–Crippen LogP) is 4.26. The van der Waals surface area contributed by atoms with Gasteiger partial charge in [-0.3, -0.25) is 0 Å². The van der Waals surface area contributed by atoms with Crippen molar-refractivity contribution in [3.63, 3.8) is 0 Å². The Kier molecular flexibility index (Phi) is 5.43. The first-order chi connectivity index (χ1) is 9.31. The zero-order valence-corrected chi connectivity index (χ0v) is 12.3. The number of hydrogen-bond acceptors (Lipinski definition) is 3. The second-order valence-electron chi connectivity index (χ2n) is 4.78. The van der Waals surface area contributed by atoms with Crippen molar-refractivity contribution in [3.05, 3.63) is 41.3 Å². The summed E-state index contributed by atoms with van der Waals surface area (Å²) in [4.78, 5) is 1.33. The molecule has 3 heteroatoms. The van der Waals surface area contributed by atoms with Gasteiger partial charge in [0.1, 0.15) is 0 Å². The van der Waals surface area contributed by atoms with Crippen molar-refractivity contribution in [1.29, 1.82) is 0 Å². The van der Waals surface area contributed by atoms with E-state index in [0.717, 1.165) is 19.5 Å². The molecule has 0 amide bonds. The summed E-state index contributed by atoms with van der Waals surface area (Å²) < 4.78 is 0. The lowest BCUT2D eigenvalue weighted by Crippen LogP contribution is -2.04. The molecule has 19 heavy (non-hydrogen) atoms. The molecule has 0 saturated carbocycles. The largest absolute Gasteiger partial charge is 0.385 e. The summed E-state index contributed by atoms with van der Waals surface area (Å²) in [6.45, 7) is 3.99. The highest BCUT2D eigenvalue weighted by Crippen LogP contribution is 2.28. The van der Waals surface area contributed by atoms with Gasteiger partial charge in [0, 0.05) is 17.1 Å². The van der Waals surface area contributed by atoms with Crippen LogP contribution in [-0.2, 0) is 0 Å². The van der Waals surface area contributed by atoms with Gasteiger partial charge in [-0.15, -0.1) is 11.3 Å². The lowest BCUT2D eigenvalue weighted by molar-refractivity contribution is 0.707. The van der Waals surface area contributed by atoms with Gasteiger partial charge in [0.25, 0.3) is 0 Å². The Bertz CT molecular complexity index is 491. The second-order valence-corrected chi connectivity index (χ2v) is 5.73. The summed E-state index contributed by atoms with van der Waals surface area (Å²) in [6.07, 6.45) is 3.51. The van der Waals surface area contributed by atoms with Crippen LogP contribution in [0, 0.1) is 6.92 Å². The highest BCUT2D eigenvalue weighted by molar-refractivity contribution is 7.13.